The number of esters is 1. The van der Waals surface area contributed by atoms with Crippen LogP contribution in [0, 0.1) is 5.92 Å². The summed E-state index contributed by atoms with van der Waals surface area (Å²) in [5.74, 6) is -0.859. The van der Waals surface area contributed by atoms with Crippen molar-refractivity contribution >= 4 is 5.97 Å². The maximum atomic E-state index is 11.6. The van der Waals surface area contributed by atoms with Gasteiger partial charge < -0.3 is 14.9 Å². The highest BCUT2D eigenvalue weighted by molar-refractivity contribution is 5.91. The summed E-state index contributed by atoms with van der Waals surface area (Å²) >= 11 is 0. The van der Waals surface area contributed by atoms with Crippen LogP contribution < -0.4 is 0 Å². The maximum absolute atomic E-state index is 11.6. The molecule has 0 unspecified atom stereocenters. The molecular formula is C15H20O4. The minimum Gasteiger partial charge on any atom is -0.454 e. The van der Waals surface area contributed by atoms with Gasteiger partial charge in [0.2, 0.25) is 0 Å². The van der Waals surface area contributed by atoms with Gasteiger partial charge in [0.1, 0.15) is 6.10 Å². The first-order valence-corrected chi connectivity index (χ1v) is 6.57. The molecule has 0 aromatic heterocycles. The molecule has 3 atom stereocenters. The molecule has 104 valence electrons. The molecule has 19 heavy (non-hydrogen) atoms. The van der Waals surface area contributed by atoms with Gasteiger partial charge in [-0.3, -0.25) is 0 Å². The number of rotatable bonds is 1. The second kappa shape index (κ2) is 5.72. The standard InChI is InChI=1S/C15H20O4/c1-9-4-3-5-11(8-16)7-12(17)14-10(2)15(18)19-13(14)6-9/h5-6,12-14,16-17H,2-4,7-8H2,1H3/b9-6-,11-5+/t12-,13+,14-/m1/s1. The van der Waals surface area contributed by atoms with Gasteiger partial charge >= 0.3 is 5.97 Å². The number of fused-ring (bicyclic) bond motifs is 1. The molecule has 1 heterocycles. The van der Waals surface area contributed by atoms with E-state index in [1.54, 1.807) is 0 Å². The fraction of sp³-hybridized carbons (Fsp3) is 0.533. The first-order chi connectivity index (χ1) is 9.02. The van der Waals surface area contributed by atoms with Crippen LogP contribution in [0.1, 0.15) is 26.2 Å². The third kappa shape index (κ3) is 2.96. The molecule has 0 spiro atoms. The lowest BCUT2D eigenvalue weighted by molar-refractivity contribution is -0.137. The molecule has 2 aliphatic rings. The topological polar surface area (TPSA) is 66.8 Å². The predicted octanol–water partition coefficient (Wildman–Crippen LogP) is 1.49. The molecule has 4 heteroatoms. The molecule has 0 saturated carbocycles. The Morgan fingerprint density at radius 1 is 1.53 bits per heavy atom. The summed E-state index contributed by atoms with van der Waals surface area (Å²) in [7, 11) is 0. The van der Waals surface area contributed by atoms with E-state index in [1.807, 2.05) is 19.1 Å². The Morgan fingerprint density at radius 2 is 2.26 bits per heavy atom. The van der Waals surface area contributed by atoms with Gasteiger partial charge in [-0.05, 0) is 37.8 Å². The second-order valence-corrected chi connectivity index (χ2v) is 5.26. The molecule has 4 nitrogen and oxygen atoms in total. The lowest BCUT2D eigenvalue weighted by atomic mass is 9.85. The van der Waals surface area contributed by atoms with Crippen molar-refractivity contribution in [3.05, 3.63) is 35.5 Å². The summed E-state index contributed by atoms with van der Waals surface area (Å²) in [6.07, 6.45) is 4.69. The van der Waals surface area contributed by atoms with Crippen molar-refractivity contribution in [2.45, 2.75) is 38.4 Å². The van der Waals surface area contributed by atoms with Gasteiger partial charge in [0.25, 0.3) is 0 Å². The Labute approximate surface area is 113 Å². The number of carbonyl (C=O) groups is 1. The molecule has 2 N–H and O–H groups in total. The normalized spacial score (nSPS) is 37.7. The molecule has 0 bridgehead atoms. The number of carbonyl (C=O) groups excluding carboxylic acids is 1. The van der Waals surface area contributed by atoms with Crippen LogP contribution in [0.4, 0.5) is 0 Å². The number of aliphatic hydroxyl groups is 2. The van der Waals surface area contributed by atoms with Gasteiger partial charge in [0.05, 0.1) is 18.6 Å². The van der Waals surface area contributed by atoms with Crippen molar-refractivity contribution in [2.75, 3.05) is 6.61 Å². The number of hydrogen-bond donors (Lipinski definition) is 2. The molecule has 0 radical (unpaired) electrons. The Kier molecular flexibility index (Phi) is 4.22. The molecule has 0 amide bonds. The molecule has 1 fully saturated rings. The van der Waals surface area contributed by atoms with Crippen molar-refractivity contribution in [1.82, 2.24) is 0 Å². The van der Waals surface area contributed by atoms with E-state index < -0.39 is 24.1 Å². The van der Waals surface area contributed by atoms with Gasteiger partial charge in [-0.25, -0.2) is 4.79 Å². The van der Waals surface area contributed by atoms with E-state index in [-0.39, 0.29) is 6.61 Å². The molecule has 1 aliphatic heterocycles. The van der Waals surface area contributed by atoms with Crippen LogP contribution in [0.25, 0.3) is 0 Å². The summed E-state index contributed by atoms with van der Waals surface area (Å²) < 4.78 is 5.26. The highest BCUT2D eigenvalue weighted by atomic mass is 16.6. The summed E-state index contributed by atoms with van der Waals surface area (Å²) in [5.41, 5.74) is 2.23. The number of ether oxygens (including phenoxy) is 1. The van der Waals surface area contributed by atoms with Crippen LogP contribution in [-0.4, -0.2) is 35.0 Å². The Bertz CT molecular complexity index is 447. The average molecular weight is 264 g/mol. The van der Waals surface area contributed by atoms with Gasteiger partial charge in [0.15, 0.2) is 0 Å². The quantitative estimate of drug-likeness (QED) is 0.428. The van der Waals surface area contributed by atoms with Gasteiger partial charge in [-0.1, -0.05) is 18.2 Å². The lowest BCUT2D eigenvalue weighted by Gasteiger charge is -2.23. The Hall–Kier alpha value is -1.39. The first kappa shape index (κ1) is 14.0. The van der Waals surface area contributed by atoms with Gasteiger partial charge in [-0.15, -0.1) is 0 Å². The molecule has 0 aromatic carbocycles. The molecule has 1 saturated heterocycles. The number of hydrogen-bond acceptors (Lipinski definition) is 4. The van der Waals surface area contributed by atoms with E-state index in [1.165, 1.54) is 0 Å². The number of aliphatic hydroxyl groups excluding tert-OH is 2. The fourth-order valence-corrected chi connectivity index (χ4v) is 2.67. The zero-order valence-corrected chi connectivity index (χ0v) is 11.1. The van der Waals surface area contributed by atoms with Gasteiger partial charge in [-0.2, -0.15) is 0 Å². The van der Waals surface area contributed by atoms with Crippen LogP contribution in [0.5, 0.6) is 0 Å². The Balaban J connectivity index is 2.32. The minimum absolute atomic E-state index is 0.0709. The average Bonchev–Trinajstić information content (AvgIpc) is 2.63. The van der Waals surface area contributed by atoms with E-state index in [2.05, 4.69) is 6.58 Å². The first-order valence-electron chi connectivity index (χ1n) is 6.57. The molecular weight excluding hydrogens is 244 g/mol. The Morgan fingerprint density at radius 3 is 2.95 bits per heavy atom. The number of allylic oxidation sites excluding steroid dienone is 2. The monoisotopic (exact) mass is 264 g/mol. The largest absolute Gasteiger partial charge is 0.454 e. The highest BCUT2D eigenvalue weighted by Gasteiger charge is 2.42. The third-order valence-electron chi connectivity index (χ3n) is 3.77. The van der Waals surface area contributed by atoms with Crippen LogP contribution in [-0.2, 0) is 9.53 Å². The third-order valence-corrected chi connectivity index (χ3v) is 3.77. The highest BCUT2D eigenvalue weighted by Crippen LogP contribution is 2.34. The predicted molar refractivity (Wildman–Crippen MR) is 71.3 cm³/mol. The van der Waals surface area contributed by atoms with E-state index in [4.69, 9.17) is 4.74 Å². The SMILES string of the molecule is C=C1C(=O)O[C@H]2/C=C(/C)CC/C=C(/CO)C[C@@H](O)[C@@H]12. The summed E-state index contributed by atoms with van der Waals surface area (Å²) in [5, 5.41) is 19.6. The maximum Gasteiger partial charge on any atom is 0.334 e. The lowest BCUT2D eigenvalue weighted by Crippen LogP contribution is -2.29. The van der Waals surface area contributed by atoms with Crippen LogP contribution in [0.15, 0.2) is 35.5 Å². The zero-order valence-electron chi connectivity index (χ0n) is 11.1. The fourth-order valence-electron chi connectivity index (χ4n) is 2.67. The van der Waals surface area contributed by atoms with E-state index in [0.717, 1.165) is 24.0 Å². The van der Waals surface area contributed by atoms with Crippen molar-refractivity contribution in [1.29, 1.82) is 0 Å². The molecule has 0 aromatic rings. The van der Waals surface area contributed by atoms with Crippen molar-refractivity contribution in [3.8, 4) is 0 Å². The minimum atomic E-state index is -0.760. The summed E-state index contributed by atoms with van der Waals surface area (Å²) in [4.78, 5) is 11.6. The van der Waals surface area contributed by atoms with Gasteiger partial charge in [0, 0.05) is 5.57 Å². The van der Waals surface area contributed by atoms with E-state index in [0.29, 0.717) is 12.0 Å². The smallest absolute Gasteiger partial charge is 0.334 e. The van der Waals surface area contributed by atoms with E-state index >= 15 is 0 Å². The summed E-state index contributed by atoms with van der Waals surface area (Å²) in [6, 6.07) is 0. The van der Waals surface area contributed by atoms with E-state index in [9.17, 15) is 15.0 Å². The summed E-state index contributed by atoms with van der Waals surface area (Å²) in [6.45, 7) is 5.63. The van der Waals surface area contributed by atoms with Crippen molar-refractivity contribution in [2.24, 2.45) is 5.92 Å². The second-order valence-electron chi connectivity index (χ2n) is 5.26. The molecule has 1 aliphatic carbocycles. The van der Waals surface area contributed by atoms with Crippen molar-refractivity contribution in [3.63, 3.8) is 0 Å². The zero-order chi connectivity index (χ0) is 14.0. The van der Waals surface area contributed by atoms with Crippen molar-refractivity contribution < 1.29 is 19.7 Å². The van der Waals surface area contributed by atoms with Crippen LogP contribution >= 0.6 is 0 Å². The van der Waals surface area contributed by atoms with Crippen LogP contribution in [0.3, 0.4) is 0 Å². The van der Waals surface area contributed by atoms with Crippen LogP contribution in [0.2, 0.25) is 0 Å². The molecule has 2 rings (SSSR count).